The fourth-order valence-electron chi connectivity index (χ4n) is 7.12. The van der Waals surface area contributed by atoms with Crippen molar-refractivity contribution < 1.29 is 13.6 Å². The molecule has 0 amide bonds. The summed E-state index contributed by atoms with van der Waals surface area (Å²) in [4.78, 5) is 0. The molecule has 1 unspecified atom stereocenters. The molecule has 0 N–H and O–H groups in total. The average molecular weight is 457 g/mol. The Balaban J connectivity index is 1.62. The molecule has 3 nitrogen and oxygen atoms in total. The minimum atomic E-state index is -0.470. The summed E-state index contributed by atoms with van der Waals surface area (Å²) >= 11 is 0. The molecule has 0 bridgehead atoms. The van der Waals surface area contributed by atoms with Crippen molar-refractivity contribution in [3.8, 4) is 22.5 Å². The second-order valence-electron chi connectivity index (χ2n) is 10.6. The minimum Gasteiger partial charge on any atom is -0.460 e. The van der Waals surface area contributed by atoms with Gasteiger partial charge in [0, 0.05) is 41.1 Å². The first-order valence-corrected chi connectivity index (χ1v) is 12.8. The van der Waals surface area contributed by atoms with Gasteiger partial charge in [-0.15, -0.1) is 9.13 Å². The van der Waals surface area contributed by atoms with Crippen LogP contribution < -0.4 is 9.13 Å². The summed E-state index contributed by atoms with van der Waals surface area (Å²) in [5, 5.41) is 1.35. The molecule has 0 saturated heterocycles. The molecular weight excluding hydrogens is 428 g/mol. The lowest BCUT2D eigenvalue weighted by atomic mass is 9.86. The molecule has 0 fully saturated rings. The van der Waals surface area contributed by atoms with Gasteiger partial charge in [-0.3, -0.25) is 0 Å². The third kappa shape index (κ3) is 2.18. The summed E-state index contributed by atoms with van der Waals surface area (Å²) in [7, 11) is 0. The Hall–Kier alpha value is -3.72. The first kappa shape index (κ1) is 19.6. The topological polar surface area (TPSA) is 20.9 Å². The highest BCUT2D eigenvalue weighted by Crippen LogP contribution is 2.51. The molecule has 35 heavy (non-hydrogen) atoms. The highest BCUT2D eigenvalue weighted by Gasteiger charge is 2.67. The summed E-state index contributed by atoms with van der Waals surface area (Å²) in [6.07, 6.45) is 9.27. The van der Waals surface area contributed by atoms with Gasteiger partial charge >= 0.3 is 5.66 Å². The summed E-state index contributed by atoms with van der Waals surface area (Å²) in [5.74, 6) is 1.21. The van der Waals surface area contributed by atoms with E-state index in [1.807, 2.05) is 0 Å². The number of furan rings is 1. The van der Waals surface area contributed by atoms with Crippen LogP contribution in [0.15, 0.2) is 71.4 Å². The number of rotatable bonds is 0. The van der Waals surface area contributed by atoms with Gasteiger partial charge in [0.2, 0.25) is 11.4 Å². The second-order valence-corrected chi connectivity index (χ2v) is 10.6. The van der Waals surface area contributed by atoms with E-state index in [9.17, 15) is 0 Å². The molecule has 0 saturated carbocycles. The highest BCUT2D eigenvalue weighted by molar-refractivity contribution is 5.99. The Morgan fingerprint density at radius 2 is 1.60 bits per heavy atom. The summed E-state index contributed by atoms with van der Waals surface area (Å²) in [6, 6.07) is 20.3. The van der Waals surface area contributed by atoms with E-state index in [-0.39, 0.29) is 0 Å². The van der Waals surface area contributed by atoms with Gasteiger partial charge in [0.25, 0.3) is 0 Å². The number of hydrogen-bond acceptors (Lipinski definition) is 1. The lowest BCUT2D eigenvalue weighted by Crippen LogP contribution is -2.71. The first-order valence-electron chi connectivity index (χ1n) is 12.8. The number of pyridine rings is 2. The summed E-state index contributed by atoms with van der Waals surface area (Å²) in [6.45, 7) is 6.73. The van der Waals surface area contributed by atoms with Crippen LogP contribution in [0.25, 0.3) is 33.5 Å². The van der Waals surface area contributed by atoms with Gasteiger partial charge in [0.15, 0.2) is 12.4 Å². The van der Waals surface area contributed by atoms with Gasteiger partial charge in [0.1, 0.15) is 28.0 Å². The van der Waals surface area contributed by atoms with Crippen LogP contribution in [-0.4, -0.2) is 0 Å². The predicted octanol–water partition coefficient (Wildman–Crippen LogP) is 6.07. The first-order chi connectivity index (χ1) is 17.1. The monoisotopic (exact) mass is 456 g/mol. The number of aromatic nitrogens is 2. The van der Waals surface area contributed by atoms with Gasteiger partial charge in [-0.2, -0.15) is 0 Å². The van der Waals surface area contributed by atoms with Crippen molar-refractivity contribution >= 4 is 11.0 Å². The van der Waals surface area contributed by atoms with E-state index in [0.29, 0.717) is 0 Å². The van der Waals surface area contributed by atoms with Crippen LogP contribution in [0.1, 0.15) is 52.0 Å². The molecule has 1 spiro atoms. The van der Waals surface area contributed by atoms with Gasteiger partial charge in [-0.25, -0.2) is 0 Å². The number of nitrogens with zero attached hydrogens (tertiary/aromatic N) is 2. The molecule has 3 aromatic heterocycles. The lowest BCUT2D eigenvalue weighted by molar-refractivity contribution is -0.955. The van der Waals surface area contributed by atoms with Gasteiger partial charge in [0.05, 0.1) is 5.56 Å². The Labute approximate surface area is 205 Å². The zero-order valence-electron chi connectivity index (χ0n) is 20.5. The molecule has 5 aromatic rings. The van der Waals surface area contributed by atoms with Gasteiger partial charge < -0.3 is 4.42 Å². The number of fused-ring (bicyclic) bond motifs is 14. The van der Waals surface area contributed by atoms with Crippen molar-refractivity contribution in [2.24, 2.45) is 0 Å². The Morgan fingerprint density at radius 1 is 0.771 bits per heavy atom. The Morgan fingerprint density at radius 3 is 2.51 bits per heavy atom. The maximum atomic E-state index is 6.80. The summed E-state index contributed by atoms with van der Waals surface area (Å²) in [5.41, 5.74) is 13.7. The Kier molecular flexibility index (Phi) is 3.63. The van der Waals surface area contributed by atoms with E-state index >= 15 is 0 Å². The van der Waals surface area contributed by atoms with Crippen molar-refractivity contribution in [2.75, 3.05) is 0 Å². The maximum Gasteiger partial charge on any atom is 0.417 e. The normalized spacial score (nSPS) is 18.9. The molecule has 170 valence electrons. The molecule has 1 atom stereocenters. The molecule has 3 aliphatic rings. The molecule has 3 heteroatoms. The van der Waals surface area contributed by atoms with Crippen LogP contribution in [0.2, 0.25) is 0 Å². The second kappa shape index (κ2) is 6.48. The number of aryl methyl sites for hydroxylation is 5. The SMILES string of the molecule is Cc1cc2[n+](cc1C)C1(c3ccccc3-c3cccc[n+]31)c1cc(C)c3c4c(oc3c1-2)CCCC4. The molecule has 2 aliphatic heterocycles. The van der Waals surface area contributed by atoms with E-state index in [0.717, 1.165) is 18.4 Å². The lowest BCUT2D eigenvalue weighted by Gasteiger charge is -2.18. The largest absolute Gasteiger partial charge is 0.460 e. The molecule has 5 heterocycles. The van der Waals surface area contributed by atoms with Crippen molar-refractivity contribution in [3.63, 3.8) is 0 Å². The van der Waals surface area contributed by atoms with Crippen LogP contribution in [0.5, 0.6) is 0 Å². The fourth-order valence-corrected chi connectivity index (χ4v) is 7.12. The van der Waals surface area contributed by atoms with Gasteiger partial charge in [-0.1, -0.05) is 12.1 Å². The number of hydrogen-bond donors (Lipinski definition) is 0. The van der Waals surface area contributed by atoms with Gasteiger partial charge in [-0.05, 0) is 75.4 Å². The van der Waals surface area contributed by atoms with Crippen LogP contribution in [0.3, 0.4) is 0 Å². The van der Waals surface area contributed by atoms with Crippen molar-refractivity contribution in [2.45, 2.75) is 52.1 Å². The minimum absolute atomic E-state index is 0.470. The third-order valence-electron chi connectivity index (χ3n) is 8.75. The van der Waals surface area contributed by atoms with E-state index in [1.54, 1.807) is 0 Å². The zero-order chi connectivity index (χ0) is 23.5. The Bertz CT molecular complexity index is 1690. The quantitative estimate of drug-likeness (QED) is 0.254. The van der Waals surface area contributed by atoms with E-state index < -0.39 is 5.66 Å². The third-order valence-corrected chi connectivity index (χ3v) is 8.75. The van der Waals surface area contributed by atoms with Crippen LogP contribution in [-0.2, 0) is 18.5 Å². The van der Waals surface area contributed by atoms with Crippen molar-refractivity contribution in [3.05, 3.63) is 106 Å². The van der Waals surface area contributed by atoms with Crippen molar-refractivity contribution in [1.82, 2.24) is 0 Å². The van der Waals surface area contributed by atoms with E-state index in [4.69, 9.17) is 4.42 Å². The van der Waals surface area contributed by atoms with Crippen LogP contribution in [0.4, 0.5) is 0 Å². The maximum absolute atomic E-state index is 6.80. The summed E-state index contributed by atoms with van der Waals surface area (Å²) < 4.78 is 11.8. The van der Waals surface area contributed by atoms with Crippen molar-refractivity contribution in [1.29, 1.82) is 0 Å². The highest BCUT2D eigenvalue weighted by atomic mass is 16.3. The molecular formula is C32H28N2O+2. The molecule has 8 rings (SSSR count). The van der Waals surface area contributed by atoms with E-state index in [2.05, 4.69) is 96.9 Å². The van der Waals surface area contributed by atoms with Crippen LogP contribution >= 0.6 is 0 Å². The standard InChI is InChI=1S/C32H28N2O/c1-19-17-27-30-25(16-20(2)29-23-11-5-7-14-28(23)35-31(29)30)32(34(27)18-21(19)3)24-12-6-4-10-22(24)26-13-8-9-15-33(26)32/h4,6,8-10,12-13,15-18H,5,7,11,14H2,1-3H3/q+2. The van der Waals surface area contributed by atoms with E-state index in [1.165, 1.54) is 79.9 Å². The smallest absolute Gasteiger partial charge is 0.417 e. The average Bonchev–Trinajstić information content (AvgIpc) is 3.49. The zero-order valence-corrected chi connectivity index (χ0v) is 20.5. The predicted molar refractivity (Wildman–Crippen MR) is 136 cm³/mol. The molecule has 1 aliphatic carbocycles. The molecule has 2 aromatic carbocycles. The van der Waals surface area contributed by atoms with Crippen LogP contribution in [0, 0.1) is 20.8 Å². The fraction of sp³-hybridized carbons (Fsp3) is 0.250. The molecule has 0 radical (unpaired) electrons. The number of benzene rings is 2.